The Bertz CT molecular complexity index is 614. The molecule has 5 N–H and O–H groups in total. The first kappa shape index (κ1) is 19.0. The molecule has 0 saturated carbocycles. The fourth-order valence-corrected chi connectivity index (χ4v) is 5.56. The molecule has 0 aliphatic carbocycles. The van der Waals surface area contributed by atoms with Gasteiger partial charge in [0, 0.05) is 18.6 Å². The van der Waals surface area contributed by atoms with Gasteiger partial charge in [-0.1, -0.05) is 12.8 Å². The predicted octanol–water partition coefficient (Wildman–Crippen LogP) is 0.359. The average molecular weight is 381 g/mol. The van der Waals surface area contributed by atoms with E-state index in [4.69, 9.17) is 5.73 Å². The monoisotopic (exact) mass is 381 g/mol. The molecule has 8 nitrogen and oxygen atoms in total. The number of ketones is 1. The summed E-state index contributed by atoms with van der Waals surface area (Å²) in [5, 5.41) is 8.62. The van der Waals surface area contributed by atoms with Crippen molar-refractivity contribution in [3.05, 3.63) is 6.04 Å². The van der Waals surface area contributed by atoms with Crippen LogP contribution in [0.4, 0.5) is 4.79 Å². The maximum atomic E-state index is 13.1. The van der Waals surface area contributed by atoms with Gasteiger partial charge in [-0.2, -0.15) is 0 Å². The van der Waals surface area contributed by atoms with E-state index >= 15 is 0 Å². The number of amides is 4. The van der Waals surface area contributed by atoms with E-state index in [0.717, 1.165) is 12.8 Å². The number of Topliss-reactive ketones (excluding diaryl/α,β-unsaturated/α-hetero) is 1. The molecule has 3 aliphatic rings. The number of carbonyl (C=O) groups is 4. The fourth-order valence-electron chi connectivity index (χ4n) is 3.93. The molecule has 26 heavy (non-hydrogen) atoms. The predicted molar refractivity (Wildman–Crippen MR) is 97.0 cm³/mol. The van der Waals surface area contributed by atoms with Gasteiger partial charge in [-0.15, -0.1) is 11.8 Å². The number of rotatable bonds is 5. The van der Waals surface area contributed by atoms with Crippen molar-refractivity contribution in [1.82, 2.24) is 16.0 Å². The highest BCUT2D eigenvalue weighted by Gasteiger charge is 2.58. The van der Waals surface area contributed by atoms with E-state index in [1.165, 1.54) is 0 Å². The highest BCUT2D eigenvalue weighted by Crippen LogP contribution is 2.45. The number of urea groups is 1. The van der Waals surface area contributed by atoms with E-state index in [2.05, 4.69) is 16.0 Å². The minimum Gasteiger partial charge on any atom is -0.370 e. The van der Waals surface area contributed by atoms with Crippen LogP contribution in [-0.2, 0) is 14.4 Å². The van der Waals surface area contributed by atoms with E-state index in [1.54, 1.807) is 11.8 Å². The van der Waals surface area contributed by atoms with Gasteiger partial charge in [0.1, 0.15) is 10.8 Å². The standard InChI is InChI=1S/C17H25N4O4S/c18-13(23)7-2-1-5-10-12(22)6-3-4-8-17(15(24)19-10)14-11(9-26-17)20-16(25)21-14/h11,14H,1-9H2,(H2,18,23)(H,19,24)(H2,20,21,25)/t11-,14-,17-/m0/s1. The molecular formula is C17H25N4O4S. The SMILES string of the molecule is NC(=O)CCCC[C]1NC(=O)[C@@]2(CCCCC1=O)SC[C@@H]1NC(=O)N[C@@H]12. The van der Waals surface area contributed by atoms with E-state index in [-0.39, 0.29) is 42.1 Å². The Labute approximate surface area is 156 Å². The Kier molecular flexibility index (Phi) is 5.74. The van der Waals surface area contributed by atoms with Crippen LogP contribution in [0.5, 0.6) is 0 Å². The maximum Gasteiger partial charge on any atom is 0.315 e. The van der Waals surface area contributed by atoms with Gasteiger partial charge in [0.05, 0.1) is 12.1 Å². The van der Waals surface area contributed by atoms with Crippen LogP contribution >= 0.6 is 11.8 Å². The number of nitrogens with two attached hydrogens (primary N) is 1. The molecule has 0 aromatic rings. The van der Waals surface area contributed by atoms with Gasteiger partial charge in [-0.05, 0) is 25.7 Å². The molecule has 9 heteroatoms. The lowest BCUT2D eigenvalue weighted by atomic mass is 9.89. The molecule has 3 saturated heterocycles. The third-order valence-corrected chi connectivity index (χ3v) is 7.00. The first-order chi connectivity index (χ1) is 12.4. The first-order valence-electron chi connectivity index (χ1n) is 9.12. The number of fused-ring (bicyclic) bond motifs is 2. The Morgan fingerprint density at radius 1 is 1.19 bits per heavy atom. The first-order valence-corrected chi connectivity index (χ1v) is 10.1. The second-order valence-electron chi connectivity index (χ2n) is 7.14. The van der Waals surface area contributed by atoms with Gasteiger partial charge < -0.3 is 21.7 Å². The van der Waals surface area contributed by atoms with Gasteiger partial charge in [-0.25, -0.2) is 4.79 Å². The number of unbranched alkanes of at least 4 members (excludes halogenated alkanes) is 1. The number of primary amides is 1. The van der Waals surface area contributed by atoms with Crippen molar-refractivity contribution in [1.29, 1.82) is 0 Å². The lowest BCUT2D eigenvalue weighted by molar-refractivity contribution is -0.126. The molecule has 0 bridgehead atoms. The van der Waals surface area contributed by atoms with Crippen molar-refractivity contribution in [3.63, 3.8) is 0 Å². The van der Waals surface area contributed by atoms with Gasteiger partial charge in [0.25, 0.3) is 0 Å². The normalized spacial score (nSPS) is 32.2. The van der Waals surface area contributed by atoms with Crippen molar-refractivity contribution in [2.24, 2.45) is 5.73 Å². The van der Waals surface area contributed by atoms with Gasteiger partial charge >= 0.3 is 6.03 Å². The molecule has 0 aromatic carbocycles. The molecular weight excluding hydrogens is 356 g/mol. The second kappa shape index (κ2) is 7.85. The van der Waals surface area contributed by atoms with Crippen molar-refractivity contribution in [3.8, 4) is 0 Å². The van der Waals surface area contributed by atoms with E-state index < -0.39 is 4.75 Å². The number of nitrogens with one attached hydrogen (secondary N) is 3. The smallest absolute Gasteiger partial charge is 0.315 e. The summed E-state index contributed by atoms with van der Waals surface area (Å²) < 4.78 is -0.743. The lowest BCUT2D eigenvalue weighted by Gasteiger charge is -2.32. The van der Waals surface area contributed by atoms with Crippen LogP contribution in [0.2, 0.25) is 0 Å². The van der Waals surface area contributed by atoms with Crippen LogP contribution in [-0.4, -0.2) is 46.2 Å². The second-order valence-corrected chi connectivity index (χ2v) is 8.49. The minimum absolute atomic E-state index is 0.0393. The Morgan fingerprint density at radius 3 is 2.77 bits per heavy atom. The fraction of sp³-hybridized carbons (Fsp3) is 0.706. The molecule has 3 aliphatic heterocycles. The molecule has 143 valence electrons. The van der Waals surface area contributed by atoms with Crippen LogP contribution in [0.25, 0.3) is 0 Å². The van der Waals surface area contributed by atoms with E-state index in [1.807, 2.05) is 0 Å². The lowest BCUT2D eigenvalue weighted by Crippen LogP contribution is -2.56. The summed E-state index contributed by atoms with van der Waals surface area (Å²) in [4.78, 5) is 48.1. The zero-order valence-corrected chi connectivity index (χ0v) is 15.5. The quantitative estimate of drug-likeness (QED) is 0.403. The summed E-state index contributed by atoms with van der Waals surface area (Å²) >= 11 is 1.56. The average Bonchev–Trinajstić information content (AvgIpc) is 3.12. The zero-order valence-electron chi connectivity index (χ0n) is 14.6. The van der Waals surface area contributed by atoms with Gasteiger partial charge in [0.15, 0.2) is 5.78 Å². The Hall–Kier alpha value is -1.77. The Morgan fingerprint density at radius 2 is 2.00 bits per heavy atom. The highest BCUT2D eigenvalue weighted by atomic mass is 32.2. The molecule has 3 rings (SSSR count). The van der Waals surface area contributed by atoms with Crippen molar-refractivity contribution in [2.45, 2.75) is 68.2 Å². The molecule has 4 amide bonds. The highest BCUT2D eigenvalue weighted by molar-refractivity contribution is 8.01. The number of hydrogen-bond donors (Lipinski definition) is 4. The summed E-state index contributed by atoms with van der Waals surface area (Å²) in [5.74, 6) is 0.0806. The Balaban J connectivity index is 1.70. The number of carbonyl (C=O) groups excluding carboxylic acids is 4. The maximum absolute atomic E-state index is 13.1. The number of thioether (sulfide) groups is 1. The van der Waals surface area contributed by atoms with Crippen molar-refractivity contribution in [2.75, 3.05) is 5.75 Å². The summed E-state index contributed by atoms with van der Waals surface area (Å²) in [6.07, 6.45) is 4.44. The molecule has 0 aromatic heterocycles. The van der Waals surface area contributed by atoms with Gasteiger partial charge in [-0.3, -0.25) is 14.4 Å². The summed E-state index contributed by atoms with van der Waals surface area (Å²) in [6.45, 7) is 0. The molecule has 0 unspecified atom stereocenters. The number of hydrogen-bond acceptors (Lipinski definition) is 5. The molecule has 3 fully saturated rings. The molecule has 3 atom stereocenters. The van der Waals surface area contributed by atoms with Crippen LogP contribution in [0.15, 0.2) is 0 Å². The molecule has 1 spiro atoms. The van der Waals surface area contributed by atoms with Gasteiger partial charge in [0.2, 0.25) is 11.8 Å². The summed E-state index contributed by atoms with van der Waals surface area (Å²) in [5.41, 5.74) is 5.14. The van der Waals surface area contributed by atoms with E-state index in [0.29, 0.717) is 43.9 Å². The zero-order chi connectivity index (χ0) is 18.7. The van der Waals surface area contributed by atoms with E-state index in [9.17, 15) is 19.2 Å². The van der Waals surface area contributed by atoms with Crippen LogP contribution in [0, 0.1) is 6.04 Å². The molecule has 3 heterocycles. The van der Waals surface area contributed by atoms with Crippen LogP contribution < -0.4 is 21.7 Å². The van der Waals surface area contributed by atoms with Crippen molar-refractivity contribution >= 4 is 35.4 Å². The minimum atomic E-state index is -0.743. The summed E-state index contributed by atoms with van der Waals surface area (Å²) in [6, 6.07) is -0.140. The topological polar surface area (TPSA) is 130 Å². The van der Waals surface area contributed by atoms with Crippen molar-refractivity contribution < 1.29 is 19.2 Å². The third-order valence-electron chi connectivity index (χ3n) is 5.32. The third kappa shape index (κ3) is 3.82. The summed E-state index contributed by atoms with van der Waals surface area (Å²) in [7, 11) is 0. The van der Waals surface area contributed by atoms with Crippen LogP contribution in [0.1, 0.15) is 51.4 Å². The largest absolute Gasteiger partial charge is 0.370 e. The molecule has 1 radical (unpaired) electrons. The van der Waals surface area contributed by atoms with Crippen LogP contribution in [0.3, 0.4) is 0 Å².